The molecule has 104 valence electrons. The highest BCUT2D eigenvalue weighted by atomic mass is 32.2. The molecule has 0 N–H and O–H groups in total. The van der Waals surface area contributed by atoms with Gasteiger partial charge in [-0.25, -0.2) is 8.42 Å². The molecule has 4 rings (SSSR count). The Morgan fingerprint density at radius 3 is 2.80 bits per heavy atom. The molecule has 5 heteroatoms. The van der Waals surface area contributed by atoms with Crippen LogP contribution in [-0.2, 0) is 14.7 Å². The molecule has 0 aliphatic carbocycles. The van der Waals surface area contributed by atoms with Crippen LogP contribution in [0.15, 0.2) is 42.5 Å². The molecule has 2 heterocycles. The number of hydrogen-bond acceptors (Lipinski definition) is 4. The normalized spacial score (nSPS) is 31.5. The summed E-state index contributed by atoms with van der Waals surface area (Å²) in [6.45, 7) is 0.725. The highest BCUT2D eigenvalue weighted by molar-refractivity contribution is 7.92. The third kappa shape index (κ3) is 1.70. The number of benzene rings is 2. The summed E-state index contributed by atoms with van der Waals surface area (Å²) in [5.74, 6) is 0.193. The number of hydroxylamine groups is 2. The average Bonchev–Trinajstić information content (AvgIpc) is 2.82. The molecule has 3 atom stereocenters. The average molecular weight is 289 g/mol. The van der Waals surface area contributed by atoms with Crippen molar-refractivity contribution < 1.29 is 13.3 Å². The summed E-state index contributed by atoms with van der Waals surface area (Å²) in [5, 5.41) is 3.64. The Balaban J connectivity index is 1.91. The van der Waals surface area contributed by atoms with Gasteiger partial charge in [0.25, 0.3) is 0 Å². The molecule has 2 aromatic carbocycles. The van der Waals surface area contributed by atoms with Gasteiger partial charge < -0.3 is 0 Å². The molecule has 0 radical (unpaired) electrons. The first-order chi connectivity index (χ1) is 9.67. The number of fused-ring (bicyclic) bond motifs is 3. The Labute approximate surface area is 117 Å². The predicted octanol–water partition coefficient (Wildman–Crippen LogP) is 1.93. The second-order valence-electron chi connectivity index (χ2n) is 5.36. The van der Waals surface area contributed by atoms with Crippen molar-refractivity contribution in [3.63, 3.8) is 0 Å². The Morgan fingerprint density at radius 2 is 1.90 bits per heavy atom. The van der Waals surface area contributed by atoms with Gasteiger partial charge in [0.05, 0.1) is 18.4 Å². The van der Waals surface area contributed by atoms with Crippen molar-refractivity contribution in [2.24, 2.45) is 0 Å². The molecule has 0 aromatic heterocycles. The number of nitrogens with zero attached hydrogens (tertiary/aromatic N) is 1. The van der Waals surface area contributed by atoms with Crippen molar-refractivity contribution in [1.29, 1.82) is 0 Å². The minimum absolute atomic E-state index is 0.181. The van der Waals surface area contributed by atoms with Crippen LogP contribution >= 0.6 is 0 Å². The van der Waals surface area contributed by atoms with Gasteiger partial charge in [-0.05, 0) is 16.3 Å². The summed E-state index contributed by atoms with van der Waals surface area (Å²) in [7, 11) is -3.06. The molecule has 20 heavy (non-hydrogen) atoms. The lowest BCUT2D eigenvalue weighted by Gasteiger charge is -2.31. The van der Waals surface area contributed by atoms with Crippen LogP contribution in [0, 0.1) is 0 Å². The fraction of sp³-hybridized carbons (Fsp3) is 0.333. The van der Waals surface area contributed by atoms with Crippen molar-refractivity contribution in [2.45, 2.75) is 11.3 Å². The van der Waals surface area contributed by atoms with Gasteiger partial charge in [-0.1, -0.05) is 42.5 Å². The summed E-state index contributed by atoms with van der Waals surface area (Å²) >= 11 is 0. The minimum atomic E-state index is -3.06. The Kier molecular flexibility index (Phi) is 2.64. The standard InChI is InChI=1S/C15H15NO3S/c17-20(18)9-8-16-15(14(20)10-19-16)13-7-3-5-11-4-1-2-6-12(11)13/h1-7,14-15H,8-10H2. The van der Waals surface area contributed by atoms with E-state index in [0.717, 1.165) is 16.3 Å². The van der Waals surface area contributed by atoms with Gasteiger partial charge >= 0.3 is 0 Å². The monoisotopic (exact) mass is 289 g/mol. The maximum atomic E-state index is 12.3. The number of hydrogen-bond donors (Lipinski definition) is 0. The Hall–Kier alpha value is -1.43. The van der Waals surface area contributed by atoms with Gasteiger partial charge in [0.2, 0.25) is 0 Å². The van der Waals surface area contributed by atoms with Crippen LogP contribution in [-0.4, -0.2) is 37.6 Å². The van der Waals surface area contributed by atoms with E-state index in [1.807, 2.05) is 47.5 Å². The molecule has 2 aliphatic rings. The van der Waals surface area contributed by atoms with Crippen molar-refractivity contribution in [3.8, 4) is 0 Å². The molecular formula is C15H15NO3S. The van der Waals surface area contributed by atoms with Gasteiger partial charge in [-0.2, -0.15) is 5.06 Å². The van der Waals surface area contributed by atoms with Gasteiger partial charge in [0, 0.05) is 6.54 Å². The molecule has 0 amide bonds. The molecule has 2 fully saturated rings. The fourth-order valence-corrected chi connectivity index (χ4v) is 4.94. The molecular weight excluding hydrogens is 274 g/mol. The van der Waals surface area contributed by atoms with E-state index in [4.69, 9.17) is 4.84 Å². The van der Waals surface area contributed by atoms with Crippen LogP contribution in [0.3, 0.4) is 0 Å². The third-order valence-electron chi connectivity index (χ3n) is 4.27. The Morgan fingerprint density at radius 1 is 1.10 bits per heavy atom. The van der Waals surface area contributed by atoms with Gasteiger partial charge in [0.1, 0.15) is 5.25 Å². The van der Waals surface area contributed by atoms with Crippen LogP contribution in [0.25, 0.3) is 10.8 Å². The van der Waals surface area contributed by atoms with E-state index < -0.39 is 15.1 Å². The van der Waals surface area contributed by atoms with E-state index in [2.05, 4.69) is 0 Å². The molecule has 2 aromatic rings. The largest absolute Gasteiger partial charge is 0.297 e. The lowest BCUT2D eigenvalue weighted by molar-refractivity contribution is -0.128. The zero-order valence-corrected chi connectivity index (χ0v) is 11.7. The zero-order valence-electron chi connectivity index (χ0n) is 10.9. The van der Waals surface area contributed by atoms with E-state index in [-0.39, 0.29) is 18.4 Å². The summed E-state index contributed by atoms with van der Waals surface area (Å²) in [6.07, 6.45) is 0. The van der Waals surface area contributed by atoms with E-state index in [1.54, 1.807) is 0 Å². The van der Waals surface area contributed by atoms with Crippen molar-refractivity contribution in [2.75, 3.05) is 18.9 Å². The van der Waals surface area contributed by atoms with E-state index in [1.165, 1.54) is 0 Å². The molecule has 2 bridgehead atoms. The SMILES string of the molecule is O=S1(=O)CCN2OCC1C2c1cccc2ccccc12. The molecule has 3 unspecified atom stereocenters. The number of sulfone groups is 1. The van der Waals surface area contributed by atoms with Crippen LogP contribution in [0.5, 0.6) is 0 Å². The lowest BCUT2D eigenvalue weighted by atomic mass is 9.97. The predicted molar refractivity (Wildman–Crippen MR) is 76.9 cm³/mol. The fourth-order valence-electron chi connectivity index (χ4n) is 3.26. The molecule has 0 saturated carbocycles. The first-order valence-electron chi connectivity index (χ1n) is 6.76. The summed E-state index contributed by atoms with van der Waals surface area (Å²) in [5.41, 5.74) is 1.05. The summed E-state index contributed by atoms with van der Waals surface area (Å²) < 4.78 is 24.5. The summed E-state index contributed by atoms with van der Waals surface area (Å²) in [4.78, 5) is 5.58. The second-order valence-corrected chi connectivity index (χ2v) is 7.69. The third-order valence-corrected chi connectivity index (χ3v) is 6.33. The zero-order chi connectivity index (χ0) is 13.7. The van der Waals surface area contributed by atoms with E-state index in [9.17, 15) is 8.42 Å². The second kappa shape index (κ2) is 4.28. The number of rotatable bonds is 1. The van der Waals surface area contributed by atoms with Crippen LogP contribution in [0.1, 0.15) is 11.6 Å². The van der Waals surface area contributed by atoms with Gasteiger partial charge in [-0.15, -0.1) is 0 Å². The maximum Gasteiger partial charge on any atom is 0.158 e. The maximum absolute atomic E-state index is 12.3. The van der Waals surface area contributed by atoms with Gasteiger partial charge in [0.15, 0.2) is 9.84 Å². The first kappa shape index (κ1) is 12.3. The van der Waals surface area contributed by atoms with Crippen molar-refractivity contribution in [1.82, 2.24) is 5.06 Å². The minimum Gasteiger partial charge on any atom is -0.297 e. The highest BCUT2D eigenvalue weighted by Gasteiger charge is 2.48. The van der Waals surface area contributed by atoms with Crippen LogP contribution < -0.4 is 0 Å². The Bertz CT molecular complexity index is 766. The molecule has 2 saturated heterocycles. The van der Waals surface area contributed by atoms with E-state index >= 15 is 0 Å². The molecule has 2 aliphatic heterocycles. The van der Waals surface area contributed by atoms with Gasteiger partial charge in [-0.3, -0.25) is 4.84 Å². The first-order valence-corrected chi connectivity index (χ1v) is 8.47. The lowest BCUT2D eigenvalue weighted by Crippen LogP contribution is -2.42. The van der Waals surface area contributed by atoms with Crippen molar-refractivity contribution >= 4 is 20.6 Å². The van der Waals surface area contributed by atoms with Crippen LogP contribution in [0.4, 0.5) is 0 Å². The summed E-state index contributed by atoms with van der Waals surface area (Å²) in [6, 6.07) is 14.0. The molecule has 4 nitrogen and oxygen atoms in total. The molecule has 0 spiro atoms. The van der Waals surface area contributed by atoms with E-state index in [0.29, 0.717) is 6.54 Å². The highest BCUT2D eigenvalue weighted by Crippen LogP contribution is 2.40. The smallest absolute Gasteiger partial charge is 0.158 e. The van der Waals surface area contributed by atoms with Crippen molar-refractivity contribution in [3.05, 3.63) is 48.0 Å². The quantitative estimate of drug-likeness (QED) is 0.805. The topological polar surface area (TPSA) is 46.6 Å². The van der Waals surface area contributed by atoms with Crippen LogP contribution in [0.2, 0.25) is 0 Å².